The molecule has 0 amide bonds. The van der Waals surface area contributed by atoms with Crippen molar-refractivity contribution in [1.82, 2.24) is 5.32 Å². The van der Waals surface area contributed by atoms with Gasteiger partial charge in [-0.25, -0.2) is 0 Å². The Morgan fingerprint density at radius 1 is 1.25 bits per heavy atom. The summed E-state index contributed by atoms with van der Waals surface area (Å²) in [4.78, 5) is 0. The molecule has 0 aromatic heterocycles. The van der Waals surface area contributed by atoms with Crippen LogP contribution in [-0.2, 0) is 0 Å². The lowest BCUT2D eigenvalue weighted by atomic mass is 10.2. The van der Waals surface area contributed by atoms with Gasteiger partial charge in [-0.3, -0.25) is 0 Å². The molecular weight excluding hydrogens is 146 g/mol. The molecule has 0 aliphatic heterocycles. The van der Waals surface area contributed by atoms with Crippen LogP contribution in [0.15, 0.2) is 49.2 Å². The van der Waals surface area contributed by atoms with Gasteiger partial charge in [0.1, 0.15) is 0 Å². The molecule has 0 radical (unpaired) electrons. The molecule has 0 spiro atoms. The molecule has 0 fully saturated rings. The lowest BCUT2D eigenvalue weighted by Crippen LogP contribution is -2.01. The zero-order chi connectivity index (χ0) is 8.65. The topological polar surface area (TPSA) is 12.0 Å². The Balaban J connectivity index is 2.41. The normalized spacial score (nSPS) is 10.0. The molecule has 0 unspecified atom stereocenters. The van der Waals surface area contributed by atoms with Gasteiger partial charge in [0, 0.05) is 6.54 Å². The van der Waals surface area contributed by atoms with E-state index in [1.165, 1.54) is 5.56 Å². The maximum absolute atomic E-state index is 3.56. The molecule has 12 heavy (non-hydrogen) atoms. The molecular formula is C11H13N. The minimum Gasteiger partial charge on any atom is -0.388 e. The first-order valence-electron chi connectivity index (χ1n) is 3.99. The van der Waals surface area contributed by atoms with Gasteiger partial charge >= 0.3 is 0 Å². The molecule has 1 rings (SSSR count). The van der Waals surface area contributed by atoms with Gasteiger partial charge in [-0.1, -0.05) is 49.1 Å². The number of nitrogens with one attached hydrogen (secondary N) is 1. The van der Waals surface area contributed by atoms with Crippen molar-refractivity contribution in [2.24, 2.45) is 0 Å². The Hall–Kier alpha value is -1.50. The van der Waals surface area contributed by atoms with Crippen LogP contribution in [0.5, 0.6) is 0 Å². The predicted octanol–water partition coefficient (Wildman–Crippen LogP) is 2.43. The minimum atomic E-state index is 0.832. The van der Waals surface area contributed by atoms with Gasteiger partial charge in [0.2, 0.25) is 0 Å². The second kappa shape index (κ2) is 5.19. The van der Waals surface area contributed by atoms with Crippen molar-refractivity contribution in [3.05, 3.63) is 54.8 Å². The van der Waals surface area contributed by atoms with Crippen molar-refractivity contribution in [2.75, 3.05) is 6.54 Å². The van der Waals surface area contributed by atoms with Gasteiger partial charge in [0.05, 0.1) is 0 Å². The van der Waals surface area contributed by atoms with Gasteiger partial charge < -0.3 is 5.32 Å². The Bertz CT molecular complexity index is 249. The highest BCUT2D eigenvalue weighted by atomic mass is 14.8. The zero-order valence-corrected chi connectivity index (χ0v) is 7.03. The maximum atomic E-state index is 3.56. The SMILES string of the molecule is C=CNCC=Cc1ccccc1. The summed E-state index contributed by atoms with van der Waals surface area (Å²) in [5.41, 5.74) is 1.23. The monoisotopic (exact) mass is 159 g/mol. The van der Waals surface area contributed by atoms with Crippen molar-refractivity contribution in [1.29, 1.82) is 0 Å². The summed E-state index contributed by atoms with van der Waals surface area (Å²) in [7, 11) is 0. The van der Waals surface area contributed by atoms with Crippen LogP contribution in [0.4, 0.5) is 0 Å². The van der Waals surface area contributed by atoms with Crippen molar-refractivity contribution >= 4 is 6.08 Å². The third-order valence-electron chi connectivity index (χ3n) is 1.49. The standard InChI is InChI=1S/C11H13N/c1-2-12-10-6-9-11-7-4-3-5-8-11/h2-9,12H,1,10H2. The van der Waals surface area contributed by atoms with E-state index in [1.54, 1.807) is 6.20 Å². The Kier molecular flexibility index (Phi) is 3.72. The first kappa shape index (κ1) is 8.60. The van der Waals surface area contributed by atoms with Crippen LogP contribution in [0.2, 0.25) is 0 Å². The van der Waals surface area contributed by atoms with Gasteiger partial charge in [0.15, 0.2) is 0 Å². The van der Waals surface area contributed by atoms with E-state index in [1.807, 2.05) is 18.2 Å². The molecule has 0 heterocycles. The average molecular weight is 159 g/mol. The van der Waals surface area contributed by atoms with Crippen LogP contribution in [-0.4, -0.2) is 6.54 Å². The van der Waals surface area contributed by atoms with Gasteiger partial charge in [-0.2, -0.15) is 0 Å². The maximum Gasteiger partial charge on any atom is 0.0328 e. The molecule has 0 saturated heterocycles. The van der Waals surface area contributed by atoms with Gasteiger partial charge in [0.25, 0.3) is 0 Å². The quantitative estimate of drug-likeness (QED) is 0.665. The molecule has 1 aromatic rings. The van der Waals surface area contributed by atoms with Crippen LogP contribution in [0.3, 0.4) is 0 Å². The number of hydrogen-bond donors (Lipinski definition) is 1. The molecule has 1 N–H and O–H groups in total. The summed E-state index contributed by atoms with van der Waals surface area (Å²) in [6.07, 6.45) is 5.84. The first-order chi connectivity index (χ1) is 5.93. The van der Waals surface area contributed by atoms with Crippen LogP contribution < -0.4 is 5.32 Å². The fraction of sp³-hybridized carbons (Fsp3) is 0.0909. The highest BCUT2D eigenvalue weighted by molar-refractivity contribution is 5.48. The van der Waals surface area contributed by atoms with E-state index in [2.05, 4.69) is 36.2 Å². The van der Waals surface area contributed by atoms with Gasteiger partial charge in [-0.15, -0.1) is 0 Å². The summed E-state index contributed by atoms with van der Waals surface area (Å²) in [6, 6.07) is 10.2. The van der Waals surface area contributed by atoms with E-state index in [0.717, 1.165) is 6.54 Å². The predicted molar refractivity (Wildman–Crippen MR) is 53.7 cm³/mol. The minimum absolute atomic E-state index is 0.832. The summed E-state index contributed by atoms with van der Waals surface area (Å²) in [5.74, 6) is 0. The lowest BCUT2D eigenvalue weighted by Gasteiger charge is -1.92. The summed E-state index contributed by atoms with van der Waals surface area (Å²) in [5, 5.41) is 3.00. The molecule has 0 saturated carbocycles. The van der Waals surface area contributed by atoms with Crippen LogP contribution >= 0.6 is 0 Å². The van der Waals surface area contributed by atoms with Crippen molar-refractivity contribution in [3.63, 3.8) is 0 Å². The van der Waals surface area contributed by atoms with E-state index in [4.69, 9.17) is 0 Å². The zero-order valence-electron chi connectivity index (χ0n) is 7.03. The molecule has 0 bridgehead atoms. The van der Waals surface area contributed by atoms with Crippen molar-refractivity contribution < 1.29 is 0 Å². The molecule has 1 nitrogen and oxygen atoms in total. The molecule has 1 aromatic carbocycles. The van der Waals surface area contributed by atoms with E-state index in [9.17, 15) is 0 Å². The lowest BCUT2D eigenvalue weighted by molar-refractivity contribution is 0.993. The molecule has 0 aliphatic rings. The average Bonchev–Trinajstić information content (AvgIpc) is 2.14. The first-order valence-corrected chi connectivity index (χ1v) is 3.99. The summed E-state index contributed by atoms with van der Waals surface area (Å²) < 4.78 is 0. The van der Waals surface area contributed by atoms with Crippen LogP contribution in [0, 0.1) is 0 Å². The second-order valence-corrected chi connectivity index (χ2v) is 2.43. The highest BCUT2D eigenvalue weighted by Gasteiger charge is 1.80. The Labute approximate surface area is 73.4 Å². The smallest absolute Gasteiger partial charge is 0.0328 e. The Morgan fingerprint density at radius 3 is 2.67 bits per heavy atom. The second-order valence-electron chi connectivity index (χ2n) is 2.43. The number of rotatable bonds is 4. The van der Waals surface area contributed by atoms with Crippen molar-refractivity contribution in [2.45, 2.75) is 0 Å². The number of hydrogen-bond acceptors (Lipinski definition) is 1. The largest absolute Gasteiger partial charge is 0.388 e. The molecule has 0 atom stereocenters. The van der Waals surface area contributed by atoms with Crippen LogP contribution in [0.25, 0.3) is 6.08 Å². The van der Waals surface area contributed by atoms with E-state index in [-0.39, 0.29) is 0 Å². The molecule has 0 aliphatic carbocycles. The van der Waals surface area contributed by atoms with Gasteiger partial charge in [-0.05, 0) is 11.8 Å². The Morgan fingerprint density at radius 2 is 2.00 bits per heavy atom. The third kappa shape index (κ3) is 3.06. The third-order valence-corrected chi connectivity index (χ3v) is 1.49. The fourth-order valence-electron chi connectivity index (χ4n) is 0.911. The van der Waals surface area contributed by atoms with E-state index >= 15 is 0 Å². The highest BCUT2D eigenvalue weighted by Crippen LogP contribution is 1.99. The summed E-state index contributed by atoms with van der Waals surface area (Å²) in [6.45, 7) is 4.39. The van der Waals surface area contributed by atoms with Crippen molar-refractivity contribution in [3.8, 4) is 0 Å². The summed E-state index contributed by atoms with van der Waals surface area (Å²) >= 11 is 0. The fourth-order valence-corrected chi connectivity index (χ4v) is 0.911. The number of benzene rings is 1. The van der Waals surface area contributed by atoms with E-state index in [0.29, 0.717) is 0 Å². The molecule has 1 heteroatoms. The van der Waals surface area contributed by atoms with Crippen LogP contribution in [0.1, 0.15) is 5.56 Å². The molecule has 62 valence electrons. The van der Waals surface area contributed by atoms with E-state index < -0.39 is 0 Å².